The van der Waals surface area contributed by atoms with Gasteiger partial charge in [0.25, 0.3) is 15.9 Å². The lowest BCUT2D eigenvalue weighted by atomic mass is 10.0. The van der Waals surface area contributed by atoms with Crippen molar-refractivity contribution in [3.05, 3.63) is 83.8 Å². The second kappa shape index (κ2) is 11.5. The monoisotopic (exact) mass is 567 g/mol. The molecule has 2 atom stereocenters. The van der Waals surface area contributed by atoms with Crippen molar-refractivity contribution in [3.8, 4) is 5.75 Å². The van der Waals surface area contributed by atoms with Crippen LogP contribution in [0.1, 0.15) is 40.6 Å². The van der Waals surface area contributed by atoms with Crippen LogP contribution < -0.4 is 10.1 Å². The van der Waals surface area contributed by atoms with E-state index in [0.717, 1.165) is 12.8 Å². The summed E-state index contributed by atoms with van der Waals surface area (Å²) in [5.41, 5.74) is 0.425. The van der Waals surface area contributed by atoms with Gasteiger partial charge < -0.3 is 24.1 Å². The second-order valence-electron chi connectivity index (χ2n) is 9.47. The lowest BCUT2D eigenvalue weighted by Gasteiger charge is -2.32. The summed E-state index contributed by atoms with van der Waals surface area (Å²) in [4.78, 5) is 41.8. The molecule has 2 aromatic carbocycles. The van der Waals surface area contributed by atoms with Crippen molar-refractivity contribution in [3.63, 3.8) is 0 Å². The normalized spacial score (nSPS) is 18.3. The van der Waals surface area contributed by atoms with E-state index < -0.39 is 40.3 Å². The van der Waals surface area contributed by atoms with Crippen molar-refractivity contribution in [2.45, 2.75) is 36.4 Å². The zero-order chi connectivity index (χ0) is 28.3. The number of hydrogen-bond donors (Lipinski definition) is 1. The Morgan fingerprint density at radius 1 is 1.15 bits per heavy atom. The average molecular weight is 568 g/mol. The Bertz CT molecular complexity index is 1500. The Morgan fingerprint density at radius 3 is 2.67 bits per heavy atom. The molecule has 210 valence electrons. The van der Waals surface area contributed by atoms with Gasteiger partial charge in [0.15, 0.2) is 0 Å². The Morgan fingerprint density at radius 2 is 1.98 bits per heavy atom. The summed E-state index contributed by atoms with van der Waals surface area (Å²) < 4.78 is 43.4. The number of fused-ring (bicyclic) bond motifs is 1. The van der Waals surface area contributed by atoms with Gasteiger partial charge in [-0.1, -0.05) is 24.3 Å². The SMILES string of the molecule is COc1cccc([C@H](C(=O)NC[C@H]2CCCO2)N(Cc2ccco2)C(=O)CN2C(=O)c3ccccc3S2(=O)=O)c1. The minimum absolute atomic E-state index is 0.00784. The third-order valence-electron chi connectivity index (χ3n) is 6.92. The number of methoxy groups -OCH3 is 1. The van der Waals surface area contributed by atoms with E-state index in [1.165, 1.54) is 36.5 Å². The molecule has 1 N–H and O–H groups in total. The fourth-order valence-corrected chi connectivity index (χ4v) is 6.41. The number of carbonyl (C=O) groups excluding carboxylic acids is 3. The van der Waals surface area contributed by atoms with Crippen molar-refractivity contribution in [1.29, 1.82) is 0 Å². The molecule has 3 amide bonds. The van der Waals surface area contributed by atoms with Gasteiger partial charge in [-0.05, 0) is 54.8 Å². The zero-order valence-electron chi connectivity index (χ0n) is 21.8. The molecule has 11 nitrogen and oxygen atoms in total. The molecule has 0 radical (unpaired) electrons. The molecular formula is C28H29N3O8S. The van der Waals surface area contributed by atoms with E-state index in [0.29, 0.717) is 28.0 Å². The third kappa shape index (κ3) is 5.45. The predicted octanol–water partition coefficient (Wildman–Crippen LogP) is 2.50. The van der Waals surface area contributed by atoms with Crippen LogP contribution in [0.3, 0.4) is 0 Å². The number of hydrogen-bond acceptors (Lipinski definition) is 8. The number of sulfonamides is 1. The molecule has 0 saturated carbocycles. The van der Waals surface area contributed by atoms with Crippen LogP contribution in [-0.4, -0.2) is 68.3 Å². The highest BCUT2D eigenvalue weighted by Gasteiger charge is 2.43. The van der Waals surface area contributed by atoms with Gasteiger partial charge in [0.2, 0.25) is 11.8 Å². The summed E-state index contributed by atoms with van der Waals surface area (Å²) in [5.74, 6) is -1.23. The summed E-state index contributed by atoms with van der Waals surface area (Å²) in [6.07, 6.45) is 2.98. The Hall–Kier alpha value is -4.16. The Labute approximate surface area is 231 Å². The minimum Gasteiger partial charge on any atom is -0.497 e. The van der Waals surface area contributed by atoms with Gasteiger partial charge in [-0.15, -0.1) is 0 Å². The second-order valence-corrected chi connectivity index (χ2v) is 11.3. The minimum atomic E-state index is -4.25. The lowest BCUT2D eigenvalue weighted by molar-refractivity contribution is -0.142. The van der Waals surface area contributed by atoms with Crippen LogP contribution >= 0.6 is 0 Å². The van der Waals surface area contributed by atoms with Crippen LogP contribution in [0.2, 0.25) is 0 Å². The summed E-state index contributed by atoms with van der Waals surface area (Å²) in [5, 5.41) is 2.88. The molecule has 40 heavy (non-hydrogen) atoms. The Balaban J connectivity index is 1.50. The number of carbonyl (C=O) groups is 3. The van der Waals surface area contributed by atoms with Gasteiger partial charge in [0.1, 0.15) is 29.0 Å². The van der Waals surface area contributed by atoms with Gasteiger partial charge in [0, 0.05) is 13.2 Å². The van der Waals surface area contributed by atoms with E-state index in [-0.39, 0.29) is 29.7 Å². The van der Waals surface area contributed by atoms with Crippen molar-refractivity contribution in [2.24, 2.45) is 0 Å². The van der Waals surface area contributed by atoms with Crippen LogP contribution in [-0.2, 0) is 30.9 Å². The first-order chi connectivity index (χ1) is 19.3. The first-order valence-electron chi connectivity index (χ1n) is 12.8. The number of ether oxygens (including phenoxy) is 2. The highest BCUT2D eigenvalue weighted by atomic mass is 32.2. The first-order valence-corrected chi connectivity index (χ1v) is 14.2. The molecule has 3 heterocycles. The number of nitrogens with one attached hydrogen (secondary N) is 1. The average Bonchev–Trinajstić information content (AvgIpc) is 3.71. The van der Waals surface area contributed by atoms with Gasteiger partial charge in [0.05, 0.1) is 31.6 Å². The lowest BCUT2D eigenvalue weighted by Crippen LogP contribution is -2.48. The van der Waals surface area contributed by atoms with Crippen molar-refractivity contribution >= 4 is 27.7 Å². The first kappa shape index (κ1) is 27.4. The number of amides is 3. The molecule has 1 aromatic heterocycles. The molecule has 3 aromatic rings. The molecule has 1 saturated heterocycles. The highest BCUT2D eigenvalue weighted by molar-refractivity contribution is 7.90. The number of nitrogens with zero attached hydrogens (tertiary/aromatic N) is 2. The van der Waals surface area contributed by atoms with E-state index in [9.17, 15) is 22.8 Å². The largest absolute Gasteiger partial charge is 0.497 e. The van der Waals surface area contributed by atoms with E-state index in [4.69, 9.17) is 13.9 Å². The summed E-state index contributed by atoms with van der Waals surface area (Å²) in [6, 6.07) is 14.6. The van der Waals surface area contributed by atoms with Gasteiger partial charge in [-0.25, -0.2) is 12.7 Å². The fourth-order valence-electron chi connectivity index (χ4n) is 4.90. The van der Waals surface area contributed by atoms with Gasteiger partial charge in [-0.3, -0.25) is 14.4 Å². The molecule has 0 aliphatic carbocycles. The molecule has 12 heteroatoms. The fraction of sp³-hybridized carbons (Fsp3) is 0.321. The molecule has 0 unspecified atom stereocenters. The van der Waals surface area contributed by atoms with E-state index >= 15 is 0 Å². The maximum Gasteiger partial charge on any atom is 0.269 e. The number of benzene rings is 2. The van der Waals surface area contributed by atoms with Crippen molar-refractivity contribution < 1.29 is 36.7 Å². The van der Waals surface area contributed by atoms with Crippen LogP contribution in [0.5, 0.6) is 5.75 Å². The maximum absolute atomic E-state index is 13.9. The topological polar surface area (TPSA) is 135 Å². The zero-order valence-corrected chi connectivity index (χ0v) is 22.6. The van der Waals surface area contributed by atoms with E-state index in [1.54, 1.807) is 42.5 Å². The number of rotatable bonds is 10. The summed E-state index contributed by atoms with van der Waals surface area (Å²) in [7, 11) is -2.77. The maximum atomic E-state index is 13.9. The molecule has 5 rings (SSSR count). The van der Waals surface area contributed by atoms with Crippen LogP contribution in [0, 0.1) is 0 Å². The smallest absolute Gasteiger partial charge is 0.269 e. The quantitative estimate of drug-likeness (QED) is 0.395. The summed E-state index contributed by atoms with van der Waals surface area (Å²) in [6.45, 7) is -0.0911. The molecule has 2 aliphatic heterocycles. The molecule has 0 spiro atoms. The van der Waals surface area contributed by atoms with Crippen LogP contribution in [0.25, 0.3) is 0 Å². The molecule has 1 fully saturated rings. The van der Waals surface area contributed by atoms with Crippen molar-refractivity contribution in [2.75, 3.05) is 26.8 Å². The predicted molar refractivity (Wildman–Crippen MR) is 142 cm³/mol. The van der Waals surface area contributed by atoms with Gasteiger partial charge >= 0.3 is 0 Å². The van der Waals surface area contributed by atoms with Crippen LogP contribution in [0.4, 0.5) is 0 Å². The van der Waals surface area contributed by atoms with E-state index in [2.05, 4.69) is 5.32 Å². The van der Waals surface area contributed by atoms with E-state index in [1.807, 2.05) is 0 Å². The standard InChI is InChI=1S/C28H29N3O8S/c1-37-20-8-4-7-19(15-20)26(27(33)29-16-21-9-5-13-38-21)30(17-22-10-6-14-39-22)25(32)18-31-28(34)23-11-2-3-12-24(23)40(31,35)36/h2-4,6-8,10-12,14-15,21,26H,5,9,13,16-18H2,1H3,(H,29,33)/t21-,26-/m1/s1. The molecule has 0 bridgehead atoms. The molecular weight excluding hydrogens is 538 g/mol. The highest BCUT2D eigenvalue weighted by Crippen LogP contribution is 2.32. The molecule has 2 aliphatic rings. The third-order valence-corrected chi connectivity index (χ3v) is 8.70. The Kier molecular flexibility index (Phi) is 7.90. The number of furan rings is 1. The van der Waals surface area contributed by atoms with Crippen LogP contribution in [0.15, 0.2) is 76.2 Å². The van der Waals surface area contributed by atoms with Crippen molar-refractivity contribution in [1.82, 2.24) is 14.5 Å². The summed E-state index contributed by atoms with van der Waals surface area (Å²) >= 11 is 0. The van der Waals surface area contributed by atoms with Gasteiger partial charge in [-0.2, -0.15) is 0 Å².